The van der Waals surface area contributed by atoms with Crippen molar-refractivity contribution in [3.63, 3.8) is 0 Å². The molecule has 0 aliphatic carbocycles. The monoisotopic (exact) mass is 390 g/mol. The number of pyridine rings is 1. The minimum atomic E-state index is -2.38. The zero-order valence-electron chi connectivity index (χ0n) is 20.1. The average Bonchev–Trinajstić information content (AvgIpc) is 3.06. The Balaban J connectivity index is 2.19. The summed E-state index contributed by atoms with van der Waals surface area (Å²) in [7, 11) is 1.83. The number of furan rings is 1. The molecule has 0 bridgehead atoms. The van der Waals surface area contributed by atoms with Gasteiger partial charge in [0, 0.05) is 21.0 Å². The zero-order valence-corrected chi connectivity index (χ0v) is 17.1. The van der Waals surface area contributed by atoms with E-state index >= 15 is 4.39 Å². The van der Waals surface area contributed by atoms with Crippen LogP contribution in [-0.2, 0) is 12.5 Å². The van der Waals surface area contributed by atoms with E-state index in [0.717, 1.165) is 0 Å². The maximum Gasteiger partial charge on any atom is 0.229 e. The largest absolute Gasteiger partial charge is 0.466 e. The molecule has 0 saturated carbocycles. The summed E-state index contributed by atoms with van der Waals surface area (Å²) in [6.45, 7) is 12.7. The third kappa shape index (κ3) is 2.89. The van der Waals surface area contributed by atoms with Crippen LogP contribution in [0.25, 0.3) is 38.0 Å². The molecule has 0 amide bonds. The first-order chi connectivity index (χ1) is 14.8. The van der Waals surface area contributed by atoms with E-state index in [1.165, 1.54) is 6.07 Å². The number of nitrogens with zero attached hydrogens (tertiary/aromatic N) is 2. The molecule has 2 aromatic carbocycles. The number of hydrogen-bond acceptors (Lipinski definition) is 1. The summed E-state index contributed by atoms with van der Waals surface area (Å²) in [4.78, 5) is 3.53. The number of rotatable bonds is 1. The Morgan fingerprint density at radius 2 is 1.93 bits per heavy atom. The van der Waals surface area contributed by atoms with Crippen LogP contribution in [0.5, 0.6) is 0 Å². The number of aromatic nitrogens is 1. The molecule has 2 aromatic heterocycles. The van der Waals surface area contributed by atoms with E-state index in [2.05, 4.69) is 4.85 Å². The molecule has 146 valence electrons. The highest BCUT2D eigenvalue weighted by atomic mass is 19.1. The van der Waals surface area contributed by atoms with Crippen LogP contribution in [0.3, 0.4) is 0 Å². The number of aryl methyl sites for hydroxylation is 3. The van der Waals surface area contributed by atoms with Gasteiger partial charge < -0.3 is 4.42 Å². The van der Waals surface area contributed by atoms with Gasteiger partial charge in [-0.25, -0.2) is 13.8 Å². The second kappa shape index (κ2) is 6.42. The predicted octanol–water partition coefficient (Wildman–Crippen LogP) is 6.68. The molecule has 0 fully saturated rings. The highest BCUT2D eigenvalue weighted by Crippen LogP contribution is 2.42. The average molecular weight is 390 g/mol. The third-order valence-electron chi connectivity index (χ3n) is 5.35. The Labute approximate surface area is 174 Å². The molecule has 29 heavy (non-hydrogen) atoms. The molecule has 0 saturated heterocycles. The van der Waals surface area contributed by atoms with Crippen LogP contribution in [-0.4, -0.2) is 0 Å². The predicted molar refractivity (Wildman–Crippen MR) is 115 cm³/mol. The lowest BCUT2D eigenvalue weighted by atomic mass is 9.87. The van der Waals surface area contributed by atoms with E-state index in [0.29, 0.717) is 50.0 Å². The normalized spacial score (nSPS) is 13.9. The number of benzene rings is 2. The molecular formula is C25H24FN2O+. The molecule has 0 atom stereocenters. The highest BCUT2D eigenvalue weighted by Gasteiger charge is 2.28. The smallest absolute Gasteiger partial charge is 0.229 e. The van der Waals surface area contributed by atoms with Gasteiger partial charge in [-0.15, -0.1) is 0 Å². The van der Waals surface area contributed by atoms with Crippen molar-refractivity contribution in [1.82, 2.24) is 0 Å². The zero-order chi connectivity index (χ0) is 23.6. The fraction of sp³-hybridized carbons (Fsp3) is 0.280. The van der Waals surface area contributed by atoms with Gasteiger partial charge in [-0.05, 0) is 30.3 Å². The maximum atomic E-state index is 15.2. The van der Waals surface area contributed by atoms with Crippen molar-refractivity contribution in [2.24, 2.45) is 7.05 Å². The fourth-order valence-electron chi connectivity index (χ4n) is 3.92. The molecule has 4 rings (SSSR count). The second-order valence-corrected chi connectivity index (χ2v) is 8.47. The number of halogens is 1. The summed E-state index contributed by atoms with van der Waals surface area (Å²) in [5, 5.41) is 1.00. The highest BCUT2D eigenvalue weighted by molar-refractivity contribution is 6.14. The fourth-order valence-corrected chi connectivity index (χ4v) is 3.92. The molecule has 4 aromatic rings. The Morgan fingerprint density at radius 3 is 2.59 bits per heavy atom. The Kier molecular flexibility index (Phi) is 3.48. The van der Waals surface area contributed by atoms with Crippen LogP contribution >= 0.6 is 0 Å². The van der Waals surface area contributed by atoms with Gasteiger partial charge in [0.25, 0.3) is 0 Å². The standard InChI is InChI=1S/C25H24FN2O/c1-14-11-15(2)22(20-12-18(26)17(13-28(20)7)25(3,4)5)24-21(14)16-9-8-10-19(27-6)23(16)29-24/h8-13H,1-5,7H3/q+1/i1D3. The molecule has 3 nitrogen and oxygen atoms in total. The number of hydrogen-bond donors (Lipinski definition) is 0. The minimum Gasteiger partial charge on any atom is -0.466 e. The van der Waals surface area contributed by atoms with Gasteiger partial charge >= 0.3 is 0 Å². The van der Waals surface area contributed by atoms with Gasteiger partial charge in [-0.2, -0.15) is 0 Å². The third-order valence-corrected chi connectivity index (χ3v) is 5.35. The van der Waals surface area contributed by atoms with Crippen molar-refractivity contribution in [3.05, 3.63) is 70.5 Å². The Bertz CT molecular complexity index is 1440. The Morgan fingerprint density at radius 1 is 1.17 bits per heavy atom. The van der Waals surface area contributed by atoms with E-state index in [1.807, 2.05) is 32.4 Å². The lowest BCUT2D eigenvalue weighted by molar-refractivity contribution is -0.661. The van der Waals surface area contributed by atoms with Gasteiger partial charge in [0.2, 0.25) is 11.4 Å². The summed E-state index contributed by atoms with van der Waals surface area (Å²) >= 11 is 0. The number of fused-ring (bicyclic) bond motifs is 3. The molecule has 2 heterocycles. The van der Waals surface area contributed by atoms with E-state index < -0.39 is 6.85 Å². The van der Waals surface area contributed by atoms with Crippen LogP contribution in [0.2, 0.25) is 0 Å². The van der Waals surface area contributed by atoms with Crippen molar-refractivity contribution in [2.75, 3.05) is 0 Å². The van der Waals surface area contributed by atoms with Crippen LogP contribution in [0.1, 0.15) is 41.6 Å². The van der Waals surface area contributed by atoms with Crippen LogP contribution in [0.4, 0.5) is 10.1 Å². The maximum absolute atomic E-state index is 15.2. The van der Waals surface area contributed by atoms with Crippen molar-refractivity contribution in [1.29, 1.82) is 0 Å². The van der Waals surface area contributed by atoms with Gasteiger partial charge in [0.05, 0.1) is 17.7 Å². The SMILES string of the molecule is [2H]C([2H])([2H])c1cc(C)c(-c2cc(F)c(C(C)(C)C)c[n+]2C)c2oc3c([N+]#[C-])cccc3c12. The van der Waals surface area contributed by atoms with Crippen LogP contribution in [0.15, 0.2) is 40.9 Å². The van der Waals surface area contributed by atoms with E-state index in [-0.39, 0.29) is 16.8 Å². The summed E-state index contributed by atoms with van der Waals surface area (Å²) < 4.78 is 47.4. The van der Waals surface area contributed by atoms with Gasteiger partial charge in [-0.1, -0.05) is 45.0 Å². The van der Waals surface area contributed by atoms with E-state index in [1.54, 1.807) is 37.4 Å². The van der Waals surface area contributed by atoms with Crippen LogP contribution in [0, 0.1) is 26.2 Å². The van der Waals surface area contributed by atoms with Crippen molar-refractivity contribution in [2.45, 2.75) is 40.0 Å². The summed E-state index contributed by atoms with van der Waals surface area (Å²) in [5.41, 5.74) is 3.19. The molecular weight excluding hydrogens is 363 g/mol. The second-order valence-electron chi connectivity index (χ2n) is 8.47. The molecule has 0 aliphatic rings. The molecule has 0 aliphatic heterocycles. The lowest BCUT2D eigenvalue weighted by Crippen LogP contribution is -2.34. The minimum absolute atomic E-state index is 0.157. The van der Waals surface area contributed by atoms with Gasteiger partial charge in [0.1, 0.15) is 24.0 Å². The lowest BCUT2D eigenvalue weighted by Gasteiger charge is -2.18. The van der Waals surface area contributed by atoms with Crippen molar-refractivity contribution < 1.29 is 17.5 Å². The summed E-state index contributed by atoms with van der Waals surface area (Å²) in [5.74, 6) is -0.337. The van der Waals surface area contributed by atoms with E-state index in [4.69, 9.17) is 15.1 Å². The summed E-state index contributed by atoms with van der Waals surface area (Å²) in [6.07, 6.45) is 1.76. The van der Waals surface area contributed by atoms with Crippen molar-refractivity contribution in [3.8, 4) is 11.3 Å². The Hall–Kier alpha value is -3.19. The molecule has 0 spiro atoms. The summed E-state index contributed by atoms with van der Waals surface area (Å²) in [6, 6.07) is 8.20. The van der Waals surface area contributed by atoms with E-state index in [9.17, 15) is 0 Å². The number of para-hydroxylation sites is 1. The quantitative estimate of drug-likeness (QED) is 0.262. The van der Waals surface area contributed by atoms with Crippen LogP contribution < -0.4 is 4.57 Å². The topological polar surface area (TPSA) is 21.4 Å². The molecule has 4 heteroatoms. The molecule has 0 radical (unpaired) electrons. The first-order valence-electron chi connectivity index (χ1n) is 10.9. The van der Waals surface area contributed by atoms with Crippen molar-refractivity contribution >= 4 is 27.6 Å². The molecule has 0 unspecified atom stereocenters. The van der Waals surface area contributed by atoms with Gasteiger partial charge in [0.15, 0.2) is 6.20 Å². The first kappa shape index (κ1) is 15.7. The molecule has 0 N–H and O–H groups in total. The van der Waals surface area contributed by atoms with Gasteiger partial charge in [-0.3, -0.25) is 0 Å². The first-order valence-corrected chi connectivity index (χ1v) is 9.41.